The molecule has 2 aromatic rings. The van der Waals surface area contributed by atoms with Gasteiger partial charge in [-0.1, -0.05) is 0 Å². The van der Waals surface area contributed by atoms with Crippen LogP contribution in [0.5, 0.6) is 11.5 Å². The summed E-state index contributed by atoms with van der Waals surface area (Å²) in [7, 11) is 3.69. The summed E-state index contributed by atoms with van der Waals surface area (Å²) in [5.41, 5.74) is 1.15. The fraction of sp³-hybridized carbons (Fsp3) is 0.429. The Morgan fingerprint density at radius 3 is 2.46 bits per heavy atom. The Kier molecular flexibility index (Phi) is 6.36. The number of carbonyl (C=O) groups is 1. The quantitative estimate of drug-likeness (QED) is 0.826. The molecule has 1 aliphatic rings. The lowest BCUT2D eigenvalue weighted by Gasteiger charge is -2.33. The van der Waals surface area contributed by atoms with E-state index in [2.05, 4.69) is 27.1 Å². The van der Waals surface area contributed by atoms with E-state index < -0.39 is 0 Å². The summed E-state index contributed by atoms with van der Waals surface area (Å²) in [5.74, 6) is 1.86. The Balaban J connectivity index is 1.66. The Morgan fingerprint density at radius 1 is 1.11 bits per heavy atom. The summed E-state index contributed by atoms with van der Waals surface area (Å²) in [6.45, 7) is 7.86. The van der Waals surface area contributed by atoms with Crippen LogP contribution in [-0.4, -0.2) is 62.2 Å². The van der Waals surface area contributed by atoms with E-state index in [9.17, 15) is 4.79 Å². The van der Waals surface area contributed by atoms with Gasteiger partial charge in [0.1, 0.15) is 5.82 Å². The number of hydrogen-bond acceptors (Lipinski definition) is 6. The van der Waals surface area contributed by atoms with Crippen LogP contribution in [-0.2, 0) is 0 Å². The third-order valence-electron chi connectivity index (χ3n) is 4.62. The summed E-state index contributed by atoms with van der Waals surface area (Å²) in [6, 6.07) is 8.98. The van der Waals surface area contributed by atoms with Crippen molar-refractivity contribution in [2.75, 3.05) is 50.6 Å². The number of methoxy groups -OCH3 is 1. The molecular formula is C21H28N4O3. The number of anilines is 2. The number of nitrogens with one attached hydrogen (secondary N) is 1. The molecule has 0 unspecified atom stereocenters. The highest BCUT2D eigenvalue weighted by Gasteiger charge is 2.16. The van der Waals surface area contributed by atoms with Crippen molar-refractivity contribution >= 4 is 17.4 Å². The minimum absolute atomic E-state index is 0.0264. The molecule has 0 spiro atoms. The van der Waals surface area contributed by atoms with Crippen LogP contribution < -0.4 is 19.7 Å². The van der Waals surface area contributed by atoms with Crippen LogP contribution in [0.3, 0.4) is 0 Å². The Morgan fingerprint density at radius 2 is 1.86 bits per heavy atom. The van der Waals surface area contributed by atoms with E-state index in [1.807, 2.05) is 26.0 Å². The second-order valence-corrected chi connectivity index (χ2v) is 7.18. The highest BCUT2D eigenvalue weighted by molar-refractivity contribution is 6.04. The molecule has 1 amide bonds. The van der Waals surface area contributed by atoms with E-state index in [4.69, 9.17) is 9.47 Å². The molecule has 0 saturated carbocycles. The molecule has 2 heterocycles. The number of pyridine rings is 1. The molecular weight excluding hydrogens is 356 g/mol. The molecule has 1 fully saturated rings. The van der Waals surface area contributed by atoms with Gasteiger partial charge in [-0.3, -0.25) is 4.79 Å². The molecule has 150 valence electrons. The van der Waals surface area contributed by atoms with E-state index in [0.29, 0.717) is 22.7 Å². The van der Waals surface area contributed by atoms with Crippen LogP contribution >= 0.6 is 0 Å². The average Bonchev–Trinajstić information content (AvgIpc) is 2.69. The van der Waals surface area contributed by atoms with Crippen molar-refractivity contribution in [1.29, 1.82) is 0 Å². The second-order valence-electron chi connectivity index (χ2n) is 7.18. The Hall–Kier alpha value is -2.80. The molecule has 1 aliphatic heterocycles. The summed E-state index contributed by atoms with van der Waals surface area (Å²) in [4.78, 5) is 21.6. The number of likely N-dealkylation sites (N-methyl/N-ethyl adjacent to an activating group) is 1. The Labute approximate surface area is 166 Å². The highest BCUT2D eigenvalue weighted by Crippen LogP contribution is 2.29. The fourth-order valence-corrected chi connectivity index (χ4v) is 3.05. The SMILES string of the molecule is COc1cc(C(=O)Nc2ccc(N3CCN(C)CC3)nc2)ccc1OC(C)C. The highest BCUT2D eigenvalue weighted by atomic mass is 16.5. The van der Waals surface area contributed by atoms with Crippen molar-refractivity contribution in [3.05, 3.63) is 42.1 Å². The largest absolute Gasteiger partial charge is 0.493 e. The number of benzene rings is 1. The van der Waals surface area contributed by atoms with Crippen LogP contribution in [0, 0.1) is 0 Å². The maximum Gasteiger partial charge on any atom is 0.255 e. The van der Waals surface area contributed by atoms with Crippen molar-refractivity contribution in [3.8, 4) is 11.5 Å². The van der Waals surface area contributed by atoms with Gasteiger partial charge in [-0.05, 0) is 51.2 Å². The lowest BCUT2D eigenvalue weighted by Crippen LogP contribution is -2.44. The molecule has 1 aromatic heterocycles. The van der Waals surface area contributed by atoms with E-state index in [1.165, 1.54) is 0 Å². The second kappa shape index (κ2) is 8.93. The third-order valence-corrected chi connectivity index (χ3v) is 4.62. The van der Waals surface area contributed by atoms with Gasteiger partial charge in [0.25, 0.3) is 5.91 Å². The molecule has 7 nitrogen and oxygen atoms in total. The molecule has 0 radical (unpaired) electrons. The zero-order valence-corrected chi connectivity index (χ0v) is 16.9. The van der Waals surface area contributed by atoms with Gasteiger partial charge in [-0.15, -0.1) is 0 Å². The monoisotopic (exact) mass is 384 g/mol. The molecule has 28 heavy (non-hydrogen) atoms. The van der Waals surface area contributed by atoms with Crippen LogP contribution in [0.1, 0.15) is 24.2 Å². The van der Waals surface area contributed by atoms with Crippen LogP contribution in [0.2, 0.25) is 0 Å². The summed E-state index contributed by atoms with van der Waals surface area (Å²) in [6.07, 6.45) is 1.72. The molecule has 0 atom stereocenters. The number of carbonyl (C=O) groups excluding carboxylic acids is 1. The average molecular weight is 384 g/mol. The third kappa shape index (κ3) is 4.92. The summed E-state index contributed by atoms with van der Waals surface area (Å²) in [5, 5.41) is 2.88. The van der Waals surface area contributed by atoms with Gasteiger partial charge in [0.05, 0.1) is 25.1 Å². The van der Waals surface area contributed by atoms with Crippen LogP contribution in [0.15, 0.2) is 36.5 Å². The topological polar surface area (TPSA) is 66.9 Å². The molecule has 1 aromatic carbocycles. The fourth-order valence-electron chi connectivity index (χ4n) is 3.05. The summed E-state index contributed by atoms with van der Waals surface area (Å²) < 4.78 is 11.0. The first-order chi connectivity index (χ1) is 13.5. The van der Waals surface area contributed by atoms with Crippen molar-refractivity contribution in [1.82, 2.24) is 9.88 Å². The number of hydrogen-bond donors (Lipinski definition) is 1. The number of amides is 1. The van der Waals surface area contributed by atoms with Gasteiger partial charge in [-0.25, -0.2) is 4.98 Å². The first kappa shape index (κ1) is 19.9. The lowest BCUT2D eigenvalue weighted by molar-refractivity contribution is 0.102. The maximum absolute atomic E-state index is 12.6. The zero-order chi connectivity index (χ0) is 20.1. The van der Waals surface area contributed by atoms with Crippen LogP contribution in [0.4, 0.5) is 11.5 Å². The lowest BCUT2D eigenvalue weighted by atomic mass is 10.2. The number of aromatic nitrogens is 1. The first-order valence-electron chi connectivity index (χ1n) is 9.52. The van der Waals surface area contributed by atoms with Gasteiger partial charge in [-0.2, -0.15) is 0 Å². The molecule has 3 rings (SSSR count). The number of piperazine rings is 1. The first-order valence-corrected chi connectivity index (χ1v) is 9.52. The molecule has 1 N–H and O–H groups in total. The molecule has 0 aliphatic carbocycles. The Bertz CT molecular complexity index is 800. The van der Waals surface area contributed by atoms with E-state index >= 15 is 0 Å². The zero-order valence-electron chi connectivity index (χ0n) is 16.9. The molecule has 7 heteroatoms. The van der Waals surface area contributed by atoms with Crippen molar-refractivity contribution in [3.63, 3.8) is 0 Å². The maximum atomic E-state index is 12.6. The van der Waals surface area contributed by atoms with Crippen molar-refractivity contribution < 1.29 is 14.3 Å². The van der Waals surface area contributed by atoms with Gasteiger partial charge >= 0.3 is 0 Å². The summed E-state index contributed by atoms with van der Waals surface area (Å²) >= 11 is 0. The van der Waals surface area contributed by atoms with E-state index in [1.54, 1.807) is 31.5 Å². The van der Waals surface area contributed by atoms with Crippen molar-refractivity contribution in [2.24, 2.45) is 0 Å². The van der Waals surface area contributed by atoms with E-state index in [-0.39, 0.29) is 12.0 Å². The van der Waals surface area contributed by atoms with Gasteiger partial charge < -0.3 is 24.6 Å². The smallest absolute Gasteiger partial charge is 0.255 e. The number of rotatable bonds is 6. The molecule has 0 bridgehead atoms. The van der Waals surface area contributed by atoms with Crippen molar-refractivity contribution in [2.45, 2.75) is 20.0 Å². The standard InChI is InChI=1S/C21H28N4O3/c1-15(2)28-18-7-5-16(13-19(18)27-4)21(26)23-17-6-8-20(22-14-17)25-11-9-24(3)10-12-25/h5-8,13-15H,9-12H2,1-4H3,(H,23,26). The molecule has 1 saturated heterocycles. The normalized spacial score (nSPS) is 14.8. The van der Waals surface area contributed by atoms with E-state index in [0.717, 1.165) is 32.0 Å². The van der Waals surface area contributed by atoms with Gasteiger partial charge in [0.2, 0.25) is 0 Å². The predicted octanol–water partition coefficient (Wildman–Crippen LogP) is 2.88. The minimum Gasteiger partial charge on any atom is -0.493 e. The van der Waals surface area contributed by atoms with Crippen LogP contribution in [0.25, 0.3) is 0 Å². The number of nitrogens with zero attached hydrogens (tertiary/aromatic N) is 3. The minimum atomic E-state index is -0.219. The number of ether oxygens (including phenoxy) is 2. The van der Waals surface area contributed by atoms with Gasteiger partial charge in [0, 0.05) is 31.7 Å². The predicted molar refractivity (Wildman–Crippen MR) is 111 cm³/mol. The van der Waals surface area contributed by atoms with Gasteiger partial charge in [0.15, 0.2) is 11.5 Å².